The van der Waals surface area contributed by atoms with Crippen molar-refractivity contribution < 1.29 is 4.39 Å². The summed E-state index contributed by atoms with van der Waals surface area (Å²) in [7, 11) is 0. The Labute approximate surface area is 234 Å². The highest BCUT2D eigenvalue weighted by molar-refractivity contribution is 7.14. The Hall–Kier alpha value is -5.00. The number of thiophene rings is 1. The molecule has 0 radical (unpaired) electrons. The van der Waals surface area contributed by atoms with E-state index < -0.39 is 0 Å². The van der Waals surface area contributed by atoms with E-state index in [0.29, 0.717) is 5.65 Å². The van der Waals surface area contributed by atoms with Gasteiger partial charge in [0.05, 0.1) is 28.6 Å². The Kier molecular flexibility index (Phi) is 5.61. The highest BCUT2D eigenvalue weighted by Crippen LogP contribution is 2.36. The van der Waals surface area contributed by atoms with Crippen LogP contribution in [0.2, 0.25) is 0 Å². The molecular formula is C32H23FN6S. The third-order valence-corrected chi connectivity index (χ3v) is 7.97. The first-order valence-corrected chi connectivity index (χ1v) is 13.6. The number of halogens is 1. The van der Waals surface area contributed by atoms with Gasteiger partial charge >= 0.3 is 0 Å². The molecule has 0 aliphatic heterocycles. The van der Waals surface area contributed by atoms with Crippen LogP contribution in [0.4, 0.5) is 10.1 Å². The van der Waals surface area contributed by atoms with Crippen LogP contribution in [0, 0.1) is 17.3 Å². The van der Waals surface area contributed by atoms with Crippen molar-refractivity contribution in [2.75, 3.05) is 5.32 Å². The predicted molar refractivity (Wildman–Crippen MR) is 158 cm³/mol. The number of nitrogens with one attached hydrogen (secondary N) is 3. The van der Waals surface area contributed by atoms with Gasteiger partial charge in [-0.2, -0.15) is 9.49 Å². The average Bonchev–Trinajstić information content (AvgIpc) is 3.70. The standard InChI is InChI=1S/C32H23FN6S/c1-32(2,21-8-4-3-5-9-21)37-22-10-6-7-19(13-22)20-14-24-30(38-39-31(24)35-16-20)26-15-23-25(17-34-18-27(23)36-26)28-11-12-29(33)40-28/h3-5,7-9,11-18,36-37H,1-2H3,(H,35,38,39). The second-order valence-electron chi connectivity index (χ2n) is 10.2. The molecule has 3 N–H and O–H groups in total. The molecule has 0 aliphatic rings. The molecule has 0 unspecified atom stereocenters. The van der Waals surface area contributed by atoms with Gasteiger partial charge in [0.1, 0.15) is 5.69 Å². The fourth-order valence-corrected chi connectivity index (χ4v) is 5.78. The van der Waals surface area contributed by atoms with E-state index in [1.807, 2.05) is 36.5 Å². The number of fused-ring (bicyclic) bond motifs is 2. The van der Waals surface area contributed by atoms with Gasteiger partial charge in [-0.3, -0.25) is 10.1 Å². The van der Waals surface area contributed by atoms with Crippen LogP contribution in [-0.2, 0) is 5.54 Å². The zero-order valence-corrected chi connectivity index (χ0v) is 22.5. The number of nitrogens with zero attached hydrogens (tertiary/aromatic N) is 3. The Morgan fingerprint density at radius 3 is 2.65 bits per heavy atom. The first-order valence-electron chi connectivity index (χ1n) is 12.8. The largest absolute Gasteiger partial charge is 0.369 e. The first kappa shape index (κ1) is 24.1. The summed E-state index contributed by atoms with van der Waals surface area (Å²) in [6.07, 6.45) is 5.37. The average molecular weight is 543 g/mol. The minimum atomic E-state index is -0.289. The van der Waals surface area contributed by atoms with Gasteiger partial charge in [0, 0.05) is 39.2 Å². The molecule has 0 aliphatic carbocycles. The van der Waals surface area contributed by atoms with E-state index in [2.05, 4.69) is 80.7 Å². The summed E-state index contributed by atoms with van der Waals surface area (Å²) in [4.78, 5) is 13.3. The fourth-order valence-electron chi connectivity index (χ4n) is 5.02. The van der Waals surface area contributed by atoms with Gasteiger partial charge in [-0.1, -0.05) is 36.4 Å². The number of hydrogen-bond acceptors (Lipinski definition) is 5. The number of pyridine rings is 2. The zero-order valence-electron chi connectivity index (χ0n) is 21.7. The zero-order chi connectivity index (χ0) is 27.3. The van der Waals surface area contributed by atoms with Crippen molar-refractivity contribution in [3.63, 3.8) is 0 Å². The number of hydrogen-bond donors (Lipinski definition) is 3. The lowest BCUT2D eigenvalue weighted by atomic mass is 9.94. The van der Waals surface area contributed by atoms with E-state index in [0.717, 1.165) is 66.3 Å². The predicted octanol–water partition coefficient (Wildman–Crippen LogP) is 7.98. The Bertz CT molecular complexity index is 1990. The third kappa shape index (κ3) is 4.27. The summed E-state index contributed by atoms with van der Waals surface area (Å²) in [5.41, 5.74) is 7.64. The van der Waals surface area contributed by atoms with E-state index in [1.165, 1.54) is 11.6 Å². The maximum absolute atomic E-state index is 13.7. The first-order chi connectivity index (χ1) is 19.4. The lowest BCUT2D eigenvalue weighted by Gasteiger charge is -2.27. The second kappa shape index (κ2) is 9.33. The molecule has 7 aromatic rings. The van der Waals surface area contributed by atoms with Crippen LogP contribution < -0.4 is 5.32 Å². The number of H-pyrrole nitrogens is 2. The highest BCUT2D eigenvalue weighted by Gasteiger charge is 2.20. The van der Waals surface area contributed by atoms with Gasteiger partial charge in [0.2, 0.25) is 0 Å². The lowest BCUT2D eigenvalue weighted by molar-refractivity contribution is 0.609. The molecule has 194 valence electrons. The van der Waals surface area contributed by atoms with E-state index in [1.54, 1.807) is 18.5 Å². The van der Waals surface area contributed by atoms with Crippen LogP contribution in [0.3, 0.4) is 0 Å². The van der Waals surface area contributed by atoms with Gasteiger partial charge in [-0.05, 0) is 67.4 Å². The Morgan fingerprint density at radius 2 is 1.82 bits per heavy atom. The van der Waals surface area contributed by atoms with Gasteiger partial charge in [-0.25, -0.2) is 4.98 Å². The van der Waals surface area contributed by atoms with Crippen LogP contribution in [0.15, 0.2) is 85.3 Å². The molecule has 5 heterocycles. The maximum Gasteiger partial charge on any atom is 0.176 e. The normalized spacial score (nSPS) is 11.7. The van der Waals surface area contributed by atoms with Crippen LogP contribution in [-0.4, -0.2) is 25.1 Å². The SMILES string of the molecule is CC(C)(Nc1c#ccc(-c2cnc3[nH]nc(-c4cc5c(-c6ccc(F)s6)cncc5[nH]4)c3c2)c1)c1ccccc1. The number of benzene rings is 1. The van der Waals surface area contributed by atoms with Crippen molar-refractivity contribution in [1.29, 1.82) is 0 Å². The minimum Gasteiger partial charge on any atom is -0.369 e. The molecule has 0 saturated carbocycles. The summed E-state index contributed by atoms with van der Waals surface area (Å²) in [6, 6.07) is 28.0. The van der Waals surface area contributed by atoms with E-state index in [9.17, 15) is 4.39 Å². The van der Waals surface area contributed by atoms with Crippen LogP contribution in [0.25, 0.3) is 54.9 Å². The lowest BCUT2D eigenvalue weighted by Crippen LogP contribution is -2.27. The number of anilines is 1. The van der Waals surface area contributed by atoms with Gasteiger partial charge in [0.25, 0.3) is 0 Å². The summed E-state index contributed by atoms with van der Waals surface area (Å²) in [6.45, 7) is 4.29. The molecule has 5 aromatic heterocycles. The van der Waals surface area contributed by atoms with Crippen LogP contribution in [0.1, 0.15) is 19.4 Å². The fraction of sp³-hybridized carbons (Fsp3) is 0.0938. The molecule has 0 atom stereocenters. The minimum absolute atomic E-state index is 0.225. The van der Waals surface area contributed by atoms with E-state index in [-0.39, 0.29) is 10.7 Å². The van der Waals surface area contributed by atoms with Crippen molar-refractivity contribution >= 4 is 39.0 Å². The molecule has 40 heavy (non-hydrogen) atoms. The molecule has 0 fully saturated rings. The summed E-state index contributed by atoms with van der Waals surface area (Å²) in [5.74, 6) is 0. The van der Waals surface area contributed by atoms with Crippen molar-refractivity contribution in [3.8, 4) is 33.0 Å². The van der Waals surface area contributed by atoms with Gasteiger partial charge in [-0.15, -0.1) is 11.3 Å². The van der Waals surface area contributed by atoms with Crippen molar-refractivity contribution in [2.24, 2.45) is 0 Å². The number of aromatic amines is 2. The Morgan fingerprint density at radius 1 is 0.950 bits per heavy atom. The topological polar surface area (TPSA) is 82.3 Å². The maximum atomic E-state index is 13.7. The van der Waals surface area contributed by atoms with E-state index >= 15 is 0 Å². The number of rotatable bonds is 6. The molecule has 0 amide bonds. The molecule has 2 aromatic carbocycles. The molecule has 0 saturated heterocycles. The smallest absolute Gasteiger partial charge is 0.176 e. The summed E-state index contributed by atoms with van der Waals surface area (Å²) in [5, 5.41) is 12.8. The van der Waals surface area contributed by atoms with Crippen molar-refractivity contribution in [1.82, 2.24) is 25.1 Å². The molecule has 0 spiro atoms. The van der Waals surface area contributed by atoms with Crippen molar-refractivity contribution in [3.05, 3.63) is 108 Å². The third-order valence-electron chi connectivity index (χ3n) is 7.07. The van der Waals surface area contributed by atoms with Crippen molar-refractivity contribution in [2.45, 2.75) is 19.4 Å². The highest BCUT2D eigenvalue weighted by atomic mass is 32.1. The summed E-state index contributed by atoms with van der Waals surface area (Å²) >= 11 is 1.10. The van der Waals surface area contributed by atoms with Crippen LogP contribution in [0.5, 0.6) is 0 Å². The quantitative estimate of drug-likeness (QED) is 0.199. The second-order valence-corrected chi connectivity index (χ2v) is 11.2. The molecule has 6 nitrogen and oxygen atoms in total. The molecular weight excluding hydrogens is 519 g/mol. The van der Waals surface area contributed by atoms with Gasteiger partial charge in [0.15, 0.2) is 10.8 Å². The van der Waals surface area contributed by atoms with Crippen LogP contribution >= 0.6 is 11.3 Å². The van der Waals surface area contributed by atoms with E-state index in [4.69, 9.17) is 0 Å². The Balaban J connectivity index is 1.25. The molecule has 7 rings (SSSR count). The molecule has 8 heteroatoms. The molecule has 0 bridgehead atoms. The monoisotopic (exact) mass is 542 g/mol. The number of aromatic nitrogens is 5. The summed E-state index contributed by atoms with van der Waals surface area (Å²) < 4.78 is 13.7. The van der Waals surface area contributed by atoms with Gasteiger partial charge < -0.3 is 10.3 Å².